The van der Waals surface area contributed by atoms with Gasteiger partial charge in [0.1, 0.15) is 23.9 Å². The van der Waals surface area contributed by atoms with E-state index in [1.54, 1.807) is 18.2 Å². The highest BCUT2D eigenvalue weighted by atomic mass is 16.5. The van der Waals surface area contributed by atoms with Gasteiger partial charge in [0.25, 0.3) is 0 Å². The summed E-state index contributed by atoms with van der Waals surface area (Å²) < 4.78 is 5.71. The smallest absolute Gasteiger partial charge is 0.177 e. The fraction of sp³-hybridized carbons (Fsp3) is 0.320. The van der Waals surface area contributed by atoms with Gasteiger partial charge in [0.05, 0.1) is 11.5 Å². The maximum absolute atomic E-state index is 12.9. The minimum Gasteiger partial charge on any atom is -0.508 e. The van der Waals surface area contributed by atoms with Gasteiger partial charge in [0, 0.05) is 6.07 Å². The first kappa shape index (κ1) is 20.7. The summed E-state index contributed by atoms with van der Waals surface area (Å²) in [5, 5.41) is 19.8. The Morgan fingerprint density at radius 2 is 1.90 bits per heavy atom. The second-order valence-corrected chi connectivity index (χ2v) is 7.87. The van der Waals surface area contributed by atoms with Gasteiger partial charge in [-0.1, -0.05) is 35.4 Å². The molecule has 4 nitrogen and oxygen atoms in total. The number of aromatic hydroxyl groups is 2. The van der Waals surface area contributed by atoms with E-state index < -0.39 is 5.92 Å². The third-order valence-electron chi connectivity index (χ3n) is 5.22. The van der Waals surface area contributed by atoms with Crippen LogP contribution in [0.3, 0.4) is 0 Å². The molecule has 0 aliphatic carbocycles. The van der Waals surface area contributed by atoms with Crippen molar-refractivity contribution in [1.29, 1.82) is 0 Å². The molecule has 29 heavy (non-hydrogen) atoms. The van der Waals surface area contributed by atoms with Gasteiger partial charge in [-0.25, -0.2) is 0 Å². The van der Waals surface area contributed by atoms with Gasteiger partial charge in [-0.3, -0.25) is 4.79 Å². The van der Waals surface area contributed by atoms with Crippen molar-refractivity contribution in [3.63, 3.8) is 0 Å². The van der Waals surface area contributed by atoms with Crippen LogP contribution in [-0.4, -0.2) is 22.6 Å². The predicted octanol–water partition coefficient (Wildman–Crippen LogP) is 5.69. The highest BCUT2D eigenvalue weighted by molar-refractivity contribution is 6.04. The molecule has 0 amide bonds. The Morgan fingerprint density at radius 3 is 2.66 bits per heavy atom. The van der Waals surface area contributed by atoms with Crippen LogP contribution in [0.4, 0.5) is 0 Å². The number of phenols is 2. The van der Waals surface area contributed by atoms with Crippen molar-refractivity contribution in [3.05, 3.63) is 76.4 Å². The molecule has 2 aromatic carbocycles. The molecule has 3 rings (SSSR count). The lowest BCUT2D eigenvalue weighted by Gasteiger charge is -2.25. The predicted molar refractivity (Wildman–Crippen MR) is 115 cm³/mol. The number of rotatable bonds is 6. The standard InChI is InChI=1S/C25H28O4/c1-16(2)5-4-6-17(3)7-8-19-13-18(9-12-23(19)27)22-15-29-24-14-20(26)10-11-21(24)25(22)28/h5,7,9-14,22,26-27H,4,6,8,15H2,1-3H3. The van der Waals surface area contributed by atoms with Crippen molar-refractivity contribution in [2.75, 3.05) is 6.61 Å². The number of benzene rings is 2. The average Bonchev–Trinajstić information content (AvgIpc) is 2.67. The van der Waals surface area contributed by atoms with Gasteiger partial charge < -0.3 is 14.9 Å². The largest absolute Gasteiger partial charge is 0.508 e. The van der Waals surface area contributed by atoms with Crippen LogP contribution in [0.25, 0.3) is 0 Å². The molecule has 4 heteroatoms. The third-order valence-corrected chi connectivity index (χ3v) is 5.22. The molecule has 1 aliphatic rings. The van der Waals surface area contributed by atoms with Gasteiger partial charge in [-0.2, -0.15) is 0 Å². The Kier molecular flexibility index (Phi) is 6.42. The van der Waals surface area contributed by atoms with Crippen LogP contribution in [-0.2, 0) is 6.42 Å². The quantitative estimate of drug-likeness (QED) is 0.620. The summed E-state index contributed by atoms with van der Waals surface area (Å²) in [5.41, 5.74) is 4.70. The van der Waals surface area contributed by atoms with Crippen molar-refractivity contribution >= 4 is 5.78 Å². The van der Waals surface area contributed by atoms with Crippen LogP contribution in [0.15, 0.2) is 59.7 Å². The molecule has 0 saturated heterocycles. The SMILES string of the molecule is CC(C)=CCCC(C)=CCc1cc(C2COc3cc(O)ccc3C2=O)ccc1O. The number of fused-ring (bicyclic) bond motifs is 1. The van der Waals surface area contributed by atoms with Crippen LogP contribution in [0, 0.1) is 0 Å². The number of allylic oxidation sites excluding steroid dienone is 4. The van der Waals surface area contributed by atoms with Crippen LogP contribution in [0.2, 0.25) is 0 Å². The number of ether oxygens (including phenoxy) is 1. The second kappa shape index (κ2) is 8.99. The Hall–Kier alpha value is -3.01. The number of hydrogen-bond donors (Lipinski definition) is 2. The molecule has 0 saturated carbocycles. The zero-order chi connectivity index (χ0) is 21.0. The molecule has 2 N–H and O–H groups in total. The first-order valence-corrected chi connectivity index (χ1v) is 9.96. The molecule has 0 aromatic heterocycles. The maximum Gasteiger partial charge on any atom is 0.177 e. The molecule has 1 atom stereocenters. The summed E-state index contributed by atoms with van der Waals surface area (Å²) in [4.78, 5) is 12.9. The molecule has 2 aromatic rings. The number of ketones is 1. The minimum atomic E-state index is -0.422. The zero-order valence-electron chi connectivity index (χ0n) is 17.2. The lowest BCUT2D eigenvalue weighted by molar-refractivity contribution is 0.0896. The Labute approximate surface area is 172 Å². The van der Waals surface area contributed by atoms with Crippen molar-refractivity contribution < 1.29 is 19.7 Å². The average molecular weight is 392 g/mol. The van der Waals surface area contributed by atoms with E-state index in [-0.39, 0.29) is 23.9 Å². The van der Waals surface area contributed by atoms with E-state index in [2.05, 4.69) is 32.9 Å². The first-order chi connectivity index (χ1) is 13.8. The lowest BCUT2D eigenvalue weighted by Crippen LogP contribution is -2.26. The molecular weight excluding hydrogens is 364 g/mol. The van der Waals surface area contributed by atoms with Crippen LogP contribution in [0.5, 0.6) is 17.2 Å². The number of carbonyl (C=O) groups excluding carboxylic acids is 1. The van der Waals surface area contributed by atoms with E-state index >= 15 is 0 Å². The fourth-order valence-corrected chi connectivity index (χ4v) is 3.48. The fourth-order valence-electron chi connectivity index (χ4n) is 3.48. The van der Waals surface area contributed by atoms with Crippen molar-refractivity contribution in [2.24, 2.45) is 0 Å². The van der Waals surface area contributed by atoms with E-state index in [0.717, 1.165) is 24.0 Å². The van der Waals surface area contributed by atoms with E-state index in [4.69, 9.17) is 4.74 Å². The summed E-state index contributed by atoms with van der Waals surface area (Å²) in [6.07, 6.45) is 6.98. The zero-order valence-corrected chi connectivity index (χ0v) is 17.2. The van der Waals surface area contributed by atoms with E-state index in [1.165, 1.54) is 23.3 Å². The van der Waals surface area contributed by atoms with Gasteiger partial charge in [0.15, 0.2) is 5.78 Å². The summed E-state index contributed by atoms with van der Waals surface area (Å²) in [6, 6.07) is 9.88. The summed E-state index contributed by atoms with van der Waals surface area (Å²) in [7, 11) is 0. The number of hydrogen-bond acceptors (Lipinski definition) is 4. The molecule has 0 radical (unpaired) electrons. The van der Waals surface area contributed by atoms with Crippen molar-refractivity contribution in [2.45, 2.75) is 46.0 Å². The molecule has 1 aliphatic heterocycles. The lowest BCUT2D eigenvalue weighted by atomic mass is 9.87. The van der Waals surface area contributed by atoms with E-state index in [0.29, 0.717) is 17.7 Å². The summed E-state index contributed by atoms with van der Waals surface area (Å²) >= 11 is 0. The molecule has 1 unspecified atom stereocenters. The maximum atomic E-state index is 12.9. The highest BCUT2D eigenvalue weighted by Crippen LogP contribution is 2.35. The van der Waals surface area contributed by atoms with Gasteiger partial charge in [-0.15, -0.1) is 0 Å². The van der Waals surface area contributed by atoms with E-state index in [1.807, 2.05) is 6.07 Å². The van der Waals surface area contributed by atoms with Gasteiger partial charge in [-0.05, 0) is 69.4 Å². The Bertz CT molecular complexity index is 965. The number of carbonyl (C=O) groups is 1. The van der Waals surface area contributed by atoms with Gasteiger partial charge >= 0.3 is 0 Å². The second-order valence-electron chi connectivity index (χ2n) is 7.87. The minimum absolute atomic E-state index is 0.0312. The van der Waals surface area contributed by atoms with Crippen molar-refractivity contribution in [1.82, 2.24) is 0 Å². The van der Waals surface area contributed by atoms with Gasteiger partial charge in [0.2, 0.25) is 0 Å². The summed E-state index contributed by atoms with van der Waals surface area (Å²) in [5.74, 6) is 0.274. The Morgan fingerprint density at radius 1 is 1.10 bits per heavy atom. The van der Waals surface area contributed by atoms with Crippen LogP contribution < -0.4 is 4.74 Å². The molecule has 1 heterocycles. The van der Waals surface area contributed by atoms with Crippen molar-refractivity contribution in [3.8, 4) is 17.2 Å². The summed E-state index contributed by atoms with van der Waals surface area (Å²) in [6.45, 7) is 6.52. The number of phenolic OH excluding ortho intramolecular Hbond substituents is 2. The molecule has 0 fully saturated rings. The van der Waals surface area contributed by atoms with Crippen LogP contribution >= 0.6 is 0 Å². The molecule has 0 bridgehead atoms. The molecule has 0 spiro atoms. The molecule has 152 valence electrons. The first-order valence-electron chi connectivity index (χ1n) is 9.96. The topological polar surface area (TPSA) is 66.8 Å². The highest BCUT2D eigenvalue weighted by Gasteiger charge is 2.30. The normalized spacial score (nSPS) is 16.2. The number of Topliss-reactive ketones (excluding diaryl/α,β-unsaturated/α-hetero) is 1. The monoisotopic (exact) mass is 392 g/mol. The Balaban J connectivity index is 1.76. The third kappa shape index (κ3) is 5.08. The van der Waals surface area contributed by atoms with E-state index in [9.17, 15) is 15.0 Å². The molecular formula is C25H28O4. The van der Waals surface area contributed by atoms with Crippen LogP contribution in [0.1, 0.15) is 61.0 Å².